The molecule has 84 valence electrons. The second kappa shape index (κ2) is 3.94. The van der Waals surface area contributed by atoms with Crippen LogP contribution in [0.3, 0.4) is 0 Å². The Hall–Kier alpha value is -1.29. The summed E-state index contributed by atoms with van der Waals surface area (Å²) in [7, 11) is 0. The molecule has 2 aromatic heterocycles. The van der Waals surface area contributed by atoms with E-state index in [9.17, 15) is 0 Å². The number of aromatic nitrogens is 3. The Morgan fingerprint density at radius 3 is 2.81 bits per heavy atom. The van der Waals surface area contributed by atoms with E-state index in [0.29, 0.717) is 5.28 Å². The molecule has 0 unspecified atom stereocenters. The summed E-state index contributed by atoms with van der Waals surface area (Å²) in [5, 5.41) is 1.38. The lowest BCUT2D eigenvalue weighted by Gasteiger charge is -2.28. The van der Waals surface area contributed by atoms with Gasteiger partial charge in [0.05, 0.1) is 5.39 Å². The highest BCUT2D eigenvalue weighted by Crippen LogP contribution is 2.26. The Labute approximate surface area is 98.6 Å². The van der Waals surface area contributed by atoms with Crippen LogP contribution in [0.15, 0.2) is 12.3 Å². The van der Waals surface area contributed by atoms with Crippen molar-refractivity contribution in [3.05, 3.63) is 17.5 Å². The zero-order chi connectivity index (χ0) is 11.0. The van der Waals surface area contributed by atoms with Crippen molar-refractivity contribution >= 4 is 28.5 Å². The number of anilines is 1. The second-order valence-corrected chi connectivity index (χ2v) is 4.44. The van der Waals surface area contributed by atoms with E-state index in [4.69, 9.17) is 11.6 Å². The largest absolute Gasteiger partial charge is 0.356 e. The van der Waals surface area contributed by atoms with Gasteiger partial charge in [0.2, 0.25) is 5.28 Å². The molecule has 1 N–H and O–H groups in total. The highest BCUT2D eigenvalue weighted by Gasteiger charge is 2.16. The van der Waals surface area contributed by atoms with Crippen molar-refractivity contribution in [1.82, 2.24) is 15.0 Å². The highest BCUT2D eigenvalue weighted by molar-refractivity contribution is 6.28. The summed E-state index contributed by atoms with van der Waals surface area (Å²) in [4.78, 5) is 13.9. The second-order valence-electron chi connectivity index (χ2n) is 4.10. The standard InChI is InChI=1S/C11H13ClN4/c12-11-14-9-8(4-5-13-9)10(15-11)16-6-2-1-3-7-16/h4-5H,1-3,6-7H2,(H,13,14,15). The molecule has 16 heavy (non-hydrogen) atoms. The predicted molar refractivity (Wildman–Crippen MR) is 65.0 cm³/mol. The molecule has 3 heterocycles. The molecule has 0 spiro atoms. The summed E-state index contributed by atoms with van der Waals surface area (Å²) in [6.45, 7) is 2.13. The van der Waals surface area contributed by atoms with E-state index in [1.54, 1.807) is 0 Å². The summed E-state index contributed by atoms with van der Waals surface area (Å²) in [5.74, 6) is 0.968. The third-order valence-electron chi connectivity index (χ3n) is 3.02. The number of hydrogen-bond donors (Lipinski definition) is 1. The number of hydrogen-bond acceptors (Lipinski definition) is 3. The van der Waals surface area contributed by atoms with Crippen LogP contribution < -0.4 is 4.90 Å². The molecule has 0 aliphatic carbocycles. The number of rotatable bonds is 1. The molecule has 0 amide bonds. The van der Waals surface area contributed by atoms with Gasteiger partial charge in [-0.1, -0.05) is 0 Å². The first-order valence-electron chi connectivity index (χ1n) is 5.60. The third kappa shape index (κ3) is 1.63. The minimum absolute atomic E-state index is 0.315. The maximum atomic E-state index is 5.93. The first-order valence-corrected chi connectivity index (χ1v) is 5.98. The van der Waals surface area contributed by atoms with Crippen LogP contribution in [0.2, 0.25) is 5.28 Å². The van der Waals surface area contributed by atoms with Gasteiger partial charge < -0.3 is 9.88 Å². The number of aromatic amines is 1. The van der Waals surface area contributed by atoms with Crippen molar-refractivity contribution in [2.45, 2.75) is 19.3 Å². The summed E-state index contributed by atoms with van der Waals surface area (Å²) >= 11 is 5.93. The number of H-pyrrole nitrogens is 1. The first-order chi connectivity index (χ1) is 7.84. The Morgan fingerprint density at radius 1 is 1.19 bits per heavy atom. The molecule has 2 aromatic rings. The zero-order valence-corrected chi connectivity index (χ0v) is 9.67. The Morgan fingerprint density at radius 2 is 2.00 bits per heavy atom. The average Bonchev–Trinajstić information content (AvgIpc) is 2.77. The molecule has 3 rings (SSSR count). The van der Waals surface area contributed by atoms with Crippen LogP contribution in [-0.2, 0) is 0 Å². The molecule has 0 radical (unpaired) electrons. The number of nitrogens with zero attached hydrogens (tertiary/aromatic N) is 3. The Balaban J connectivity index is 2.09. The fraction of sp³-hybridized carbons (Fsp3) is 0.455. The summed E-state index contributed by atoms with van der Waals surface area (Å²) in [6.07, 6.45) is 5.65. The number of piperidine rings is 1. The molecule has 1 aliphatic heterocycles. The van der Waals surface area contributed by atoms with Crippen molar-refractivity contribution in [2.75, 3.05) is 18.0 Å². The lowest BCUT2D eigenvalue weighted by atomic mass is 10.1. The van der Waals surface area contributed by atoms with Gasteiger partial charge in [0, 0.05) is 19.3 Å². The normalized spacial score (nSPS) is 16.9. The zero-order valence-electron chi connectivity index (χ0n) is 8.91. The highest BCUT2D eigenvalue weighted by atomic mass is 35.5. The summed E-state index contributed by atoms with van der Waals surface area (Å²) in [5.41, 5.74) is 0.820. The Kier molecular flexibility index (Phi) is 2.44. The smallest absolute Gasteiger partial charge is 0.226 e. The van der Waals surface area contributed by atoms with Gasteiger partial charge >= 0.3 is 0 Å². The quantitative estimate of drug-likeness (QED) is 0.775. The molecule has 0 atom stereocenters. The molecule has 5 heteroatoms. The van der Waals surface area contributed by atoms with Gasteiger partial charge in [-0.25, -0.2) is 0 Å². The van der Waals surface area contributed by atoms with Crippen LogP contribution in [0.4, 0.5) is 5.82 Å². The van der Waals surface area contributed by atoms with Crippen molar-refractivity contribution in [2.24, 2.45) is 0 Å². The maximum absolute atomic E-state index is 5.93. The number of fused-ring (bicyclic) bond motifs is 1. The van der Waals surface area contributed by atoms with E-state index in [1.807, 2.05) is 12.3 Å². The molecule has 1 fully saturated rings. The van der Waals surface area contributed by atoms with Crippen molar-refractivity contribution < 1.29 is 0 Å². The van der Waals surface area contributed by atoms with Crippen LogP contribution in [0.25, 0.3) is 11.0 Å². The van der Waals surface area contributed by atoms with E-state index < -0.39 is 0 Å². The predicted octanol–water partition coefficient (Wildman–Crippen LogP) is 2.60. The van der Waals surface area contributed by atoms with Gasteiger partial charge in [-0.3, -0.25) is 0 Å². The summed E-state index contributed by atoms with van der Waals surface area (Å²) < 4.78 is 0. The Bertz CT molecular complexity index is 502. The van der Waals surface area contributed by atoms with Crippen LogP contribution in [-0.4, -0.2) is 28.0 Å². The molecule has 0 saturated carbocycles. The van der Waals surface area contributed by atoms with Gasteiger partial charge in [-0.15, -0.1) is 0 Å². The molecule has 1 saturated heterocycles. The topological polar surface area (TPSA) is 44.8 Å². The number of halogens is 1. The van der Waals surface area contributed by atoms with Crippen LogP contribution in [0.5, 0.6) is 0 Å². The molecule has 1 aliphatic rings. The van der Waals surface area contributed by atoms with Crippen molar-refractivity contribution in [3.63, 3.8) is 0 Å². The lowest BCUT2D eigenvalue weighted by Crippen LogP contribution is -2.30. The number of nitrogens with one attached hydrogen (secondary N) is 1. The van der Waals surface area contributed by atoms with E-state index >= 15 is 0 Å². The minimum atomic E-state index is 0.315. The lowest BCUT2D eigenvalue weighted by molar-refractivity contribution is 0.574. The molecule has 0 bridgehead atoms. The van der Waals surface area contributed by atoms with E-state index in [0.717, 1.165) is 29.9 Å². The van der Waals surface area contributed by atoms with Crippen molar-refractivity contribution in [3.8, 4) is 0 Å². The van der Waals surface area contributed by atoms with Crippen molar-refractivity contribution in [1.29, 1.82) is 0 Å². The van der Waals surface area contributed by atoms with Gasteiger partial charge in [0.25, 0.3) is 0 Å². The molecule has 0 aromatic carbocycles. The molecular formula is C11H13ClN4. The molecule has 4 nitrogen and oxygen atoms in total. The average molecular weight is 237 g/mol. The van der Waals surface area contributed by atoms with E-state index in [-0.39, 0.29) is 0 Å². The van der Waals surface area contributed by atoms with Gasteiger partial charge in [-0.05, 0) is 36.9 Å². The van der Waals surface area contributed by atoms with Crippen LogP contribution >= 0.6 is 11.6 Å². The SMILES string of the molecule is Clc1nc(N2CCCCC2)c2cc[nH]c2n1. The fourth-order valence-electron chi connectivity index (χ4n) is 2.25. The summed E-state index contributed by atoms with van der Waals surface area (Å²) in [6, 6.07) is 2.01. The van der Waals surface area contributed by atoms with Gasteiger partial charge in [0.15, 0.2) is 0 Å². The van der Waals surface area contributed by atoms with Crippen LogP contribution in [0.1, 0.15) is 19.3 Å². The van der Waals surface area contributed by atoms with E-state index in [1.165, 1.54) is 19.3 Å². The first kappa shape index (κ1) is 9.90. The fourth-order valence-corrected chi connectivity index (χ4v) is 2.41. The minimum Gasteiger partial charge on any atom is -0.356 e. The maximum Gasteiger partial charge on any atom is 0.226 e. The molecular weight excluding hydrogens is 224 g/mol. The van der Waals surface area contributed by atoms with Crippen LogP contribution in [0, 0.1) is 0 Å². The van der Waals surface area contributed by atoms with Gasteiger partial charge in [-0.2, -0.15) is 9.97 Å². The van der Waals surface area contributed by atoms with E-state index in [2.05, 4.69) is 19.9 Å². The van der Waals surface area contributed by atoms with Gasteiger partial charge in [0.1, 0.15) is 11.5 Å². The monoisotopic (exact) mass is 236 g/mol. The third-order valence-corrected chi connectivity index (χ3v) is 3.19.